The topological polar surface area (TPSA) is 30.0 Å². The van der Waals surface area contributed by atoms with E-state index in [4.69, 9.17) is 4.98 Å². The van der Waals surface area contributed by atoms with Crippen molar-refractivity contribution in [3.8, 4) is 11.1 Å². The highest BCUT2D eigenvalue weighted by molar-refractivity contribution is 6.01. The number of benzene rings is 2. The molecule has 0 N–H and O–H groups in total. The number of fused-ring (bicyclic) bond motifs is 2. The number of hydrogen-bond acceptors (Lipinski definition) is 2. The van der Waals surface area contributed by atoms with Gasteiger partial charge in [-0.3, -0.25) is 9.78 Å². The molecule has 0 aliphatic heterocycles. The third-order valence-corrected chi connectivity index (χ3v) is 4.12. The van der Waals surface area contributed by atoms with E-state index in [-0.39, 0.29) is 5.78 Å². The summed E-state index contributed by atoms with van der Waals surface area (Å²) in [5, 5.41) is 1.05. The van der Waals surface area contributed by atoms with E-state index in [9.17, 15) is 4.79 Å². The first kappa shape index (κ1) is 12.3. The van der Waals surface area contributed by atoms with Gasteiger partial charge in [0.25, 0.3) is 0 Å². The summed E-state index contributed by atoms with van der Waals surface area (Å²) in [5.41, 5.74) is 5.11. The van der Waals surface area contributed by atoms with Crippen molar-refractivity contribution in [3.05, 3.63) is 65.9 Å². The Hall–Kier alpha value is -2.48. The number of nitrogens with zero attached hydrogens (tertiary/aromatic N) is 1. The fourth-order valence-electron chi connectivity index (χ4n) is 3.00. The quantitative estimate of drug-likeness (QED) is 0.657. The molecule has 0 fully saturated rings. The summed E-state index contributed by atoms with van der Waals surface area (Å²) in [5.74, 6) is 0.234. The van der Waals surface area contributed by atoms with Crippen molar-refractivity contribution in [2.45, 2.75) is 19.3 Å². The van der Waals surface area contributed by atoms with Crippen molar-refractivity contribution in [1.29, 1.82) is 0 Å². The smallest absolute Gasteiger partial charge is 0.164 e. The Morgan fingerprint density at radius 3 is 2.57 bits per heavy atom. The molecule has 0 bridgehead atoms. The number of ketones is 1. The molecular formula is C19H15NO. The SMILES string of the molecule is O=C1CCCc2nc3cc(-c4ccccc4)ccc3cc21. The predicted molar refractivity (Wildman–Crippen MR) is 84.4 cm³/mol. The van der Waals surface area contributed by atoms with Gasteiger partial charge in [0.2, 0.25) is 0 Å². The number of hydrogen-bond donors (Lipinski definition) is 0. The zero-order valence-corrected chi connectivity index (χ0v) is 11.7. The Labute approximate surface area is 123 Å². The molecule has 0 radical (unpaired) electrons. The Kier molecular flexibility index (Phi) is 2.81. The van der Waals surface area contributed by atoms with E-state index in [1.807, 2.05) is 24.3 Å². The number of carbonyl (C=O) groups excluding carboxylic acids is 1. The van der Waals surface area contributed by atoms with Crippen molar-refractivity contribution >= 4 is 16.7 Å². The van der Waals surface area contributed by atoms with Gasteiger partial charge in [-0.25, -0.2) is 0 Å². The van der Waals surface area contributed by atoms with Gasteiger partial charge in [0, 0.05) is 17.4 Å². The molecule has 0 unspecified atom stereocenters. The molecule has 0 amide bonds. The molecule has 21 heavy (non-hydrogen) atoms. The van der Waals surface area contributed by atoms with Crippen LogP contribution in [0.2, 0.25) is 0 Å². The molecule has 0 atom stereocenters. The molecule has 2 heteroatoms. The van der Waals surface area contributed by atoms with Crippen LogP contribution in [0.3, 0.4) is 0 Å². The predicted octanol–water partition coefficient (Wildman–Crippen LogP) is 4.42. The molecule has 0 spiro atoms. The molecule has 2 nitrogen and oxygen atoms in total. The minimum Gasteiger partial charge on any atom is -0.294 e. The van der Waals surface area contributed by atoms with Crippen LogP contribution in [0.1, 0.15) is 28.9 Å². The minimum atomic E-state index is 0.234. The summed E-state index contributed by atoms with van der Waals surface area (Å²) in [4.78, 5) is 16.7. The van der Waals surface area contributed by atoms with Crippen LogP contribution in [-0.4, -0.2) is 10.8 Å². The monoisotopic (exact) mass is 273 g/mol. The summed E-state index contributed by atoms with van der Waals surface area (Å²) in [6.45, 7) is 0. The van der Waals surface area contributed by atoms with Crippen molar-refractivity contribution in [1.82, 2.24) is 4.98 Å². The van der Waals surface area contributed by atoms with Crippen LogP contribution in [-0.2, 0) is 6.42 Å². The first-order valence-corrected chi connectivity index (χ1v) is 7.33. The normalized spacial score (nSPS) is 14.2. The summed E-state index contributed by atoms with van der Waals surface area (Å²) in [7, 11) is 0. The van der Waals surface area contributed by atoms with E-state index in [0.717, 1.165) is 40.6 Å². The van der Waals surface area contributed by atoms with Gasteiger partial charge in [0.15, 0.2) is 5.78 Å². The van der Waals surface area contributed by atoms with Crippen molar-refractivity contribution < 1.29 is 4.79 Å². The largest absolute Gasteiger partial charge is 0.294 e. The number of carbonyl (C=O) groups is 1. The standard InChI is InChI=1S/C19H15NO/c21-19-8-4-7-17-16(19)11-15-10-9-14(12-18(15)20-17)13-5-2-1-3-6-13/h1-3,5-6,9-12H,4,7-8H2. The highest BCUT2D eigenvalue weighted by Crippen LogP contribution is 2.27. The maximum Gasteiger partial charge on any atom is 0.164 e. The van der Waals surface area contributed by atoms with Gasteiger partial charge in [-0.15, -0.1) is 0 Å². The summed E-state index contributed by atoms with van der Waals surface area (Å²) in [6, 6.07) is 18.6. The van der Waals surface area contributed by atoms with Crippen LogP contribution < -0.4 is 0 Å². The lowest BCUT2D eigenvalue weighted by Gasteiger charge is -2.14. The van der Waals surface area contributed by atoms with Gasteiger partial charge in [0.05, 0.1) is 11.2 Å². The van der Waals surface area contributed by atoms with E-state index in [1.165, 1.54) is 5.56 Å². The van der Waals surface area contributed by atoms with Crippen molar-refractivity contribution in [3.63, 3.8) is 0 Å². The van der Waals surface area contributed by atoms with Crippen LogP contribution in [0.25, 0.3) is 22.0 Å². The van der Waals surface area contributed by atoms with Crippen LogP contribution in [0, 0.1) is 0 Å². The first-order chi connectivity index (χ1) is 10.3. The van der Waals surface area contributed by atoms with Crippen LogP contribution in [0.15, 0.2) is 54.6 Å². The zero-order chi connectivity index (χ0) is 14.2. The summed E-state index contributed by atoms with van der Waals surface area (Å²) < 4.78 is 0. The highest BCUT2D eigenvalue weighted by Gasteiger charge is 2.19. The molecule has 1 aromatic heterocycles. The second-order valence-electron chi connectivity index (χ2n) is 5.53. The minimum absolute atomic E-state index is 0.234. The maximum absolute atomic E-state index is 12.0. The molecule has 1 aliphatic carbocycles. The molecule has 4 rings (SSSR count). The Morgan fingerprint density at radius 1 is 0.857 bits per heavy atom. The van der Waals surface area contributed by atoms with E-state index in [1.54, 1.807) is 0 Å². The fraction of sp³-hybridized carbons (Fsp3) is 0.158. The first-order valence-electron chi connectivity index (χ1n) is 7.33. The third kappa shape index (κ3) is 2.13. The molecular weight excluding hydrogens is 258 g/mol. The van der Waals surface area contributed by atoms with Gasteiger partial charge >= 0.3 is 0 Å². The van der Waals surface area contributed by atoms with Gasteiger partial charge in [-0.2, -0.15) is 0 Å². The van der Waals surface area contributed by atoms with Gasteiger partial charge in [-0.05, 0) is 36.1 Å². The van der Waals surface area contributed by atoms with E-state index in [0.29, 0.717) is 6.42 Å². The average molecular weight is 273 g/mol. The van der Waals surface area contributed by atoms with E-state index < -0.39 is 0 Å². The zero-order valence-electron chi connectivity index (χ0n) is 11.7. The number of aromatic nitrogens is 1. The number of Topliss-reactive ketones (excluding diaryl/α,β-unsaturated/α-hetero) is 1. The molecule has 0 saturated heterocycles. The lowest BCUT2D eigenvalue weighted by Crippen LogP contribution is -2.12. The number of pyridine rings is 1. The van der Waals surface area contributed by atoms with Crippen LogP contribution >= 0.6 is 0 Å². The highest BCUT2D eigenvalue weighted by atomic mass is 16.1. The van der Waals surface area contributed by atoms with Gasteiger partial charge in [0.1, 0.15) is 0 Å². The van der Waals surface area contributed by atoms with E-state index >= 15 is 0 Å². The third-order valence-electron chi connectivity index (χ3n) is 4.12. The van der Waals surface area contributed by atoms with Crippen LogP contribution in [0.5, 0.6) is 0 Å². The molecule has 1 heterocycles. The van der Waals surface area contributed by atoms with Gasteiger partial charge < -0.3 is 0 Å². The number of aryl methyl sites for hydroxylation is 1. The van der Waals surface area contributed by atoms with Crippen molar-refractivity contribution in [2.24, 2.45) is 0 Å². The second-order valence-corrected chi connectivity index (χ2v) is 5.53. The molecule has 2 aromatic carbocycles. The number of rotatable bonds is 1. The van der Waals surface area contributed by atoms with Crippen molar-refractivity contribution in [2.75, 3.05) is 0 Å². The Bertz CT molecular complexity index is 837. The van der Waals surface area contributed by atoms with Gasteiger partial charge in [-0.1, -0.05) is 42.5 Å². The Morgan fingerprint density at radius 2 is 1.71 bits per heavy atom. The lowest BCUT2D eigenvalue weighted by molar-refractivity contribution is 0.0972. The van der Waals surface area contributed by atoms with Crippen LogP contribution in [0.4, 0.5) is 0 Å². The second kappa shape index (κ2) is 4.81. The average Bonchev–Trinajstić information content (AvgIpc) is 2.54. The molecule has 3 aromatic rings. The Balaban J connectivity index is 1.89. The molecule has 102 valence electrons. The summed E-state index contributed by atoms with van der Waals surface area (Å²) >= 11 is 0. The fourth-order valence-corrected chi connectivity index (χ4v) is 3.00. The maximum atomic E-state index is 12.0. The summed E-state index contributed by atoms with van der Waals surface area (Å²) in [6.07, 6.45) is 2.48. The van der Waals surface area contributed by atoms with E-state index in [2.05, 4.69) is 30.3 Å². The molecule has 1 aliphatic rings. The molecule has 0 saturated carbocycles. The lowest BCUT2D eigenvalue weighted by atomic mass is 9.93.